The zero-order valence-corrected chi connectivity index (χ0v) is 10.9. The highest BCUT2D eigenvalue weighted by atomic mass is 32.1. The maximum absolute atomic E-state index is 11.5. The number of carbonyl (C=O) groups excluding carboxylic acids is 2. The SMILES string of the molecule is CC(=O)c1ccc(OCC(=O)Nc2nncs2)cc1. The molecule has 1 N–H and O–H groups in total. The smallest absolute Gasteiger partial charge is 0.264 e. The average Bonchev–Trinajstić information content (AvgIpc) is 2.89. The molecule has 0 saturated heterocycles. The highest BCUT2D eigenvalue weighted by Crippen LogP contribution is 2.13. The van der Waals surface area contributed by atoms with Crippen molar-refractivity contribution < 1.29 is 14.3 Å². The van der Waals surface area contributed by atoms with E-state index >= 15 is 0 Å². The van der Waals surface area contributed by atoms with Gasteiger partial charge in [0.15, 0.2) is 12.4 Å². The normalized spacial score (nSPS) is 9.95. The third-order valence-corrected chi connectivity index (χ3v) is 2.84. The quantitative estimate of drug-likeness (QED) is 0.842. The largest absolute Gasteiger partial charge is 0.484 e. The van der Waals surface area contributed by atoms with Gasteiger partial charge >= 0.3 is 0 Å². The number of ketones is 1. The van der Waals surface area contributed by atoms with E-state index in [2.05, 4.69) is 15.5 Å². The molecule has 1 aromatic carbocycles. The van der Waals surface area contributed by atoms with E-state index in [9.17, 15) is 9.59 Å². The molecule has 2 aromatic rings. The zero-order valence-electron chi connectivity index (χ0n) is 10.1. The molecular formula is C12H11N3O3S. The molecule has 98 valence electrons. The number of anilines is 1. The molecule has 1 heterocycles. The molecular weight excluding hydrogens is 266 g/mol. The van der Waals surface area contributed by atoms with Gasteiger partial charge in [0.05, 0.1) is 0 Å². The monoisotopic (exact) mass is 277 g/mol. The number of nitrogens with zero attached hydrogens (tertiary/aromatic N) is 2. The van der Waals surface area contributed by atoms with Gasteiger partial charge in [-0.25, -0.2) is 0 Å². The molecule has 7 heteroatoms. The molecule has 0 unspecified atom stereocenters. The van der Waals surface area contributed by atoms with Gasteiger partial charge in [0.2, 0.25) is 5.13 Å². The van der Waals surface area contributed by atoms with Gasteiger partial charge < -0.3 is 4.74 Å². The number of nitrogens with one attached hydrogen (secondary N) is 1. The molecule has 0 spiro atoms. The first-order valence-corrected chi connectivity index (χ1v) is 6.33. The predicted molar refractivity (Wildman–Crippen MR) is 70.5 cm³/mol. The van der Waals surface area contributed by atoms with Crippen LogP contribution in [0.5, 0.6) is 5.75 Å². The van der Waals surface area contributed by atoms with Crippen molar-refractivity contribution in [1.82, 2.24) is 10.2 Å². The Balaban J connectivity index is 1.84. The molecule has 19 heavy (non-hydrogen) atoms. The summed E-state index contributed by atoms with van der Waals surface area (Å²) in [4.78, 5) is 22.6. The molecule has 0 aliphatic carbocycles. The van der Waals surface area contributed by atoms with Crippen LogP contribution in [0.4, 0.5) is 5.13 Å². The van der Waals surface area contributed by atoms with Crippen LogP contribution in [-0.2, 0) is 4.79 Å². The van der Waals surface area contributed by atoms with E-state index in [-0.39, 0.29) is 18.3 Å². The first-order chi connectivity index (χ1) is 9.15. The Hall–Kier alpha value is -2.28. The lowest BCUT2D eigenvalue weighted by atomic mass is 10.1. The summed E-state index contributed by atoms with van der Waals surface area (Å²) in [5.41, 5.74) is 2.13. The van der Waals surface area contributed by atoms with Crippen molar-refractivity contribution in [2.24, 2.45) is 0 Å². The van der Waals surface area contributed by atoms with Gasteiger partial charge in [-0.2, -0.15) is 0 Å². The van der Waals surface area contributed by atoms with Crippen LogP contribution in [0.2, 0.25) is 0 Å². The van der Waals surface area contributed by atoms with Gasteiger partial charge in [-0.15, -0.1) is 10.2 Å². The van der Waals surface area contributed by atoms with Crippen LogP contribution < -0.4 is 10.1 Å². The second-order valence-electron chi connectivity index (χ2n) is 3.66. The van der Waals surface area contributed by atoms with E-state index in [4.69, 9.17) is 4.74 Å². The molecule has 0 aliphatic heterocycles. The Morgan fingerprint density at radius 1 is 1.32 bits per heavy atom. The second kappa shape index (κ2) is 6.05. The van der Waals surface area contributed by atoms with Crippen LogP contribution in [0.3, 0.4) is 0 Å². The summed E-state index contributed by atoms with van der Waals surface area (Å²) in [6.45, 7) is 1.37. The van der Waals surface area contributed by atoms with Crippen molar-refractivity contribution in [2.75, 3.05) is 11.9 Å². The minimum atomic E-state index is -0.313. The highest BCUT2D eigenvalue weighted by molar-refractivity contribution is 7.13. The maximum Gasteiger partial charge on any atom is 0.264 e. The number of hydrogen-bond acceptors (Lipinski definition) is 6. The van der Waals surface area contributed by atoms with Crippen LogP contribution in [-0.4, -0.2) is 28.5 Å². The van der Waals surface area contributed by atoms with Gasteiger partial charge in [0.25, 0.3) is 5.91 Å². The lowest BCUT2D eigenvalue weighted by Crippen LogP contribution is -2.20. The van der Waals surface area contributed by atoms with Crippen LogP contribution in [0.15, 0.2) is 29.8 Å². The van der Waals surface area contributed by atoms with Gasteiger partial charge in [-0.1, -0.05) is 11.3 Å². The fourth-order valence-electron chi connectivity index (χ4n) is 1.32. The molecule has 0 aliphatic rings. The van der Waals surface area contributed by atoms with E-state index in [1.165, 1.54) is 23.8 Å². The summed E-state index contributed by atoms with van der Waals surface area (Å²) >= 11 is 1.23. The minimum Gasteiger partial charge on any atom is -0.484 e. The van der Waals surface area contributed by atoms with E-state index in [1.807, 2.05) is 0 Å². The number of rotatable bonds is 5. The van der Waals surface area contributed by atoms with Crippen LogP contribution in [0.25, 0.3) is 0 Å². The van der Waals surface area contributed by atoms with Crippen molar-refractivity contribution in [2.45, 2.75) is 6.92 Å². The number of carbonyl (C=O) groups is 2. The predicted octanol–water partition coefficient (Wildman–Crippen LogP) is 1.76. The van der Waals surface area contributed by atoms with Crippen molar-refractivity contribution in [1.29, 1.82) is 0 Å². The Morgan fingerprint density at radius 2 is 2.05 bits per heavy atom. The number of amides is 1. The fraction of sp³-hybridized carbons (Fsp3) is 0.167. The Bertz CT molecular complexity index is 566. The number of Topliss-reactive ketones (excluding diaryl/α,β-unsaturated/α-hetero) is 1. The van der Waals surface area contributed by atoms with Gasteiger partial charge in [0, 0.05) is 5.56 Å². The maximum atomic E-state index is 11.5. The standard InChI is InChI=1S/C12H11N3O3S/c1-8(16)9-2-4-10(5-3-9)18-6-11(17)14-12-15-13-7-19-12/h2-5,7H,6H2,1H3,(H,14,15,17). The second-order valence-corrected chi connectivity index (χ2v) is 4.49. The average molecular weight is 277 g/mol. The lowest BCUT2D eigenvalue weighted by Gasteiger charge is -2.05. The number of hydrogen-bond donors (Lipinski definition) is 1. The molecule has 0 atom stereocenters. The summed E-state index contributed by atoms with van der Waals surface area (Å²) in [5, 5.41) is 10.3. The summed E-state index contributed by atoms with van der Waals surface area (Å²) < 4.78 is 5.28. The van der Waals surface area contributed by atoms with Crippen molar-refractivity contribution in [3.05, 3.63) is 35.3 Å². The van der Waals surface area contributed by atoms with Crippen molar-refractivity contribution >= 4 is 28.2 Å². The Labute approximate surface area is 113 Å². The molecule has 0 bridgehead atoms. The molecule has 6 nitrogen and oxygen atoms in total. The van der Waals surface area contributed by atoms with Crippen molar-refractivity contribution in [3.63, 3.8) is 0 Å². The topological polar surface area (TPSA) is 81.2 Å². The van der Waals surface area contributed by atoms with E-state index in [1.54, 1.807) is 24.3 Å². The van der Waals surface area contributed by atoms with Crippen LogP contribution in [0, 0.1) is 0 Å². The first-order valence-electron chi connectivity index (χ1n) is 5.45. The van der Waals surface area contributed by atoms with Crippen molar-refractivity contribution in [3.8, 4) is 5.75 Å². The summed E-state index contributed by atoms with van der Waals surface area (Å²) in [5.74, 6) is 0.199. The minimum absolute atomic E-state index is 0.0134. The van der Waals surface area contributed by atoms with E-state index in [0.717, 1.165) is 0 Å². The number of aromatic nitrogens is 2. The molecule has 1 amide bonds. The highest BCUT2D eigenvalue weighted by Gasteiger charge is 2.06. The van der Waals surface area contributed by atoms with Crippen LogP contribution >= 0.6 is 11.3 Å². The van der Waals surface area contributed by atoms with Crippen LogP contribution in [0.1, 0.15) is 17.3 Å². The number of benzene rings is 1. The first kappa shape index (κ1) is 13.2. The molecule has 0 fully saturated rings. The Kier molecular flexibility index (Phi) is 4.19. The fourth-order valence-corrected chi connectivity index (χ4v) is 1.78. The van der Waals surface area contributed by atoms with Gasteiger partial charge in [-0.05, 0) is 31.2 Å². The third-order valence-electron chi connectivity index (χ3n) is 2.24. The summed E-state index contributed by atoms with van der Waals surface area (Å²) in [6.07, 6.45) is 0. The van der Waals surface area contributed by atoms with Gasteiger partial charge in [0.1, 0.15) is 11.3 Å². The number of ether oxygens (including phenoxy) is 1. The third kappa shape index (κ3) is 3.85. The molecule has 0 saturated carbocycles. The van der Waals surface area contributed by atoms with E-state index in [0.29, 0.717) is 16.4 Å². The van der Waals surface area contributed by atoms with Gasteiger partial charge in [-0.3, -0.25) is 14.9 Å². The summed E-state index contributed by atoms with van der Waals surface area (Å²) in [7, 11) is 0. The summed E-state index contributed by atoms with van der Waals surface area (Å²) in [6, 6.07) is 6.60. The Morgan fingerprint density at radius 3 is 2.63 bits per heavy atom. The van der Waals surface area contributed by atoms with E-state index < -0.39 is 0 Å². The molecule has 2 rings (SSSR count). The lowest BCUT2D eigenvalue weighted by molar-refractivity contribution is -0.118. The molecule has 0 radical (unpaired) electrons. The molecule has 1 aromatic heterocycles. The zero-order chi connectivity index (χ0) is 13.7.